The largest absolute Gasteiger partial charge is 0.326 e. The first-order valence-corrected chi connectivity index (χ1v) is 10.9. The van der Waals surface area contributed by atoms with E-state index in [9.17, 15) is 9.59 Å². The molecule has 0 aliphatic rings. The van der Waals surface area contributed by atoms with Crippen molar-refractivity contribution in [2.45, 2.75) is 39.2 Å². The maximum Gasteiger partial charge on any atom is 0.275 e. The highest BCUT2D eigenvalue weighted by molar-refractivity contribution is 9.10. The molecule has 0 aliphatic heterocycles. The lowest BCUT2D eigenvalue weighted by atomic mass is 10.0. The van der Waals surface area contributed by atoms with E-state index in [4.69, 9.17) is 0 Å². The number of aromatic nitrogens is 2. The fourth-order valence-electron chi connectivity index (χ4n) is 3.72. The maximum absolute atomic E-state index is 13.0. The summed E-state index contributed by atoms with van der Waals surface area (Å²) in [4.78, 5) is 25.4. The van der Waals surface area contributed by atoms with Crippen LogP contribution >= 0.6 is 15.9 Å². The van der Waals surface area contributed by atoms with Gasteiger partial charge in [0, 0.05) is 29.3 Å². The minimum absolute atomic E-state index is 0.0460. The Balaban J connectivity index is 1.49. The van der Waals surface area contributed by atoms with Crippen molar-refractivity contribution in [2.24, 2.45) is 0 Å². The molecule has 154 valence electrons. The third-order valence-corrected chi connectivity index (χ3v) is 5.84. The maximum atomic E-state index is 13.0. The Hall–Kier alpha value is -2.86. The first kappa shape index (κ1) is 20.4. The molecule has 6 heteroatoms. The number of aryl methyl sites for hydroxylation is 1. The van der Waals surface area contributed by atoms with Crippen LogP contribution in [-0.4, -0.2) is 14.9 Å². The van der Waals surface area contributed by atoms with Crippen LogP contribution in [0.3, 0.4) is 0 Å². The van der Waals surface area contributed by atoms with Gasteiger partial charge in [-0.15, -0.1) is 0 Å². The number of hydrogen-bond donors (Lipinski definition) is 1. The van der Waals surface area contributed by atoms with Gasteiger partial charge in [0.15, 0.2) is 0 Å². The van der Waals surface area contributed by atoms with E-state index in [2.05, 4.69) is 35.1 Å². The van der Waals surface area contributed by atoms with Crippen molar-refractivity contribution >= 4 is 44.1 Å². The van der Waals surface area contributed by atoms with Crippen molar-refractivity contribution in [1.82, 2.24) is 8.97 Å². The Morgan fingerprint density at radius 1 is 1.03 bits per heavy atom. The average Bonchev–Trinajstić information content (AvgIpc) is 3.21. The Morgan fingerprint density at radius 3 is 2.53 bits per heavy atom. The SMILES string of the molecule is CC(C)c1ccc(NC(=O)CCCn2c(=O)c3cccn3c3ccc(Br)cc32)cc1. The number of nitrogens with one attached hydrogen (secondary N) is 1. The van der Waals surface area contributed by atoms with Crippen molar-refractivity contribution in [3.63, 3.8) is 0 Å². The molecule has 0 saturated heterocycles. The molecule has 0 atom stereocenters. The van der Waals surface area contributed by atoms with E-state index < -0.39 is 0 Å². The first-order valence-electron chi connectivity index (χ1n) is 10.1. The van der Waals surface area contributed by atoms with Gasteiger partial charge in [0.05, 0.1) is 11.0 Å². The Bertz CT molecular complexity index is 1270. The van der Waals surface area contributed by atoms with E-state index in [1.165, 1.54) is 5.56 Å². The van der Waals surface area contributed by atoms with Gasteiger partial charge < -0.3 is 14.3 Å². The fourth-order valence-corrected chi connectivity index (χ4v) is 4.07. The predicted octanol–water partition coefficient (Wildman–Crippen LogP) is 5.56. The van der Waals surface area contributed by atoms with Crippen LogP contribution in [0.1, 0.15) is 38.2 Å². The normalized spacial score (nSPS) is 11.5. The number of anilines is 1. The van der Waals surface area contributed by atoms with Gasteiger partial charge in [0.1, 0.15) is 5.52 Å². The molecule has 2 aromatic heterocycles. The van der Waals surface area contributed by atoms with Crippen LogP contribution in [0.4, 0.5) is 5.69 Å². The van der Waals surface area contributed by atoms with Gasteiger partial charge in [-0.25, -0.2) is 0 Å². The number of fused-ring (bicyclic) bond motifs is 3. The second-order valence-corrected chi connectivity index (χ2v) is 8.70. The summed E-state index contributed by atoms with van der Waals surface area (Å²) in [6.45, 7) is 4.76. The van der Waals surface area contributed by atoms with Gasteiger partial charge >= 0.3 is 0 Å². The summed E-state index contributed by atoms with van der Waals surface area (Å²) in [6, 6.07) is 17.6. The number of nitrogens with zero attached hydrogens (tertiary/aromatic N) is 2. The predicted molar refractivity (Wildman–Crippen MR) is 125 cm³/mol. The van der Waals surface area contributed by atoms with E-state index in [-0.39, 0.29) is 11.5 Å². The average molecular weight is 466 g/mol. The second-order valence-electron chi connectivity index (χ2n) is 7.78. The zero-order chi connectivity index (χ0) is 21.3. The summed E-state index contributed by atoms with van der Waals surface area (Å²) in [7, 11) is 0. The van der Waals surface area contributed by atoms with Crippen molar-refractivity contribution in [3.8, 4) is 0 Å². The van der Waals surface area contributed by atoms with Crippen LogP contribution in [0.15, 0.2) is 70.1 Å². The van der Waals surface area contributed by atoms with Gasteiger partial charge in [0.25, 0.3) is 5.56 Å². The fraction of sp³-hybridized carbons (Fsp3) is 0.250. The second kappa shape index (κ2) is 8.48. The minimum Gasteiger partial charge on any atom is -0.326 e. The molecule has 5 nitrogen and oxygen atoms in total. The molecular weight excluding hydrogens is 442 g/mol. The van der Waals surface area contributed by atoms with Gasteiger partial charge in [0.2, 0.25) is 5.91 Å². The molecule has 0 bridgehead atoms. The Labute approximate surface area is 183 Å². The van der Waals surface area contributed by atoms with Crippen LogP contribution in [0.2, 0.25) is 0 Å². The van der Waals surface area contributed by atoms with E-state index in [0.717, 1.165) is 21.2 Å². The van der Waals surface area contributed by atoms with Crippen LogP contribution < -0.4 is 10.9 Å². The number of amides is 1. The molecule has 1 N–H and O–H groups in total. The smallest absolute Gasteiger partial charge is 0.275 e. The summed E-state index contributed by atoms with van der Waals surface area (Å²) in [5.41, 5.74) is 4.45. The van der Waals surface area contributed by atoms with E-state index in [0.29, 0.717) is 30.8 Å². The highest BCUT2D eigenvalue weighted by atomic mass is 79.9. The standard InChI is InChI=1S/C24H24BrN3O2/c1-16(2)17-7-10-19(11-8-17)26-23(29)6-4-14-28-22-15-18(25)9-12-20(22)27-13-3-5-21(27)24(28)30/h3,5,7-13,15-16H,4,6,14H2,1-2H3,(H,26,29). The van der Waals surface area contributed by atoms with Crippen molar-refractivity contribution < 1.29 is 4.79 Å². The number of benzene rings is 2. The van der Waals surface area contributed by atoms with Gasteiger partial charge in [-0.05, 0) is 60.4 Å². The summed E-state index contributed by atoms with van der Waals surface area (Å²) >= 11 is 3.50. The zero-order valence-corrected chi connectivity index (χ0v) is 18.6. The van der Waals surface area contributed by atoms with Gasteiger partial charge in [-0.1, -0.05) is 41.9 Å². The molecule has 30 heavy (non-hydrogen) atoms. The third kappa shape index (κ3) is 4.05. The van der Waals surface area contributed by atoms with Crippen LogP contribution in [-0.2, 0) is 11.3 Å². The highest BCUT2D eigenvalue weighted by Crippen LogP contribution is 2.21. The molecule has 2 aromatic carbocycles. The zero-order valence-electron chi connectivity index (χ0n) is 17.1. The molecule has 0 radical (unpaired) electrons. The van der Waals surface area contributed by atoms with Gasteiger partial charge in [-0.2, -0.15) is 0 Å². The van der Waals surface area contributed by atoms with Crippen LogP contribution in [0, 0.1) is 0 Å². The quantitative estimate of drug-likeness (QED) is 0.405. The summed E-state index contributed by atoms with van der Waals surface area (Å²) < 4.78 is 4.59. The summed E-state index contributed by atoms with van der Waals surface area (Å²) in [6.07, 6.45) is 2.82. The monoisotopic (exact) mass is 465 g/mol. The van der Waals surface area contributed by atoms with E-state index in [1.807, 2.05) is 65.2 Å². The molecule has 2 heterocycles. The molecule has 4 rings (SSSR count). The third-order valence-electron chi connectivity index (χ3n) is 5.35. The lowest BCUT2D eigenvalue weighted by molar-refractivity contribution is -0.116. The number of rotatable bonds is 6. The van der Waals surface area contributed by atoms with Gasteiger partial charge in [-0.3, -0.25) is 9.59 Å². The molecule has 0 aliphatic carbocycles. The molecule has 0 fully saturated rings. The molecule has 0 spiro atoms. The number of carbonyl (C=O) groups is 1. The molecule has 4 aromatic rings. The van der Waals surface area contributed by atoms with Crippen LogP contribution in [0.25, 0.3) is 16.6 Å². The molecule has 0 saturated carbocycles. The van der Waals surface area contributed by atoms with Crippen molar-refractivity contribution in [2.75, 3.05) is 5.32 Å². The van der Waals surface area contributed by atoms with E-state index >= 15 is 0 Å². The first-order chi connectivity index (χ1) is 14.4. The van der Waals surface area contributed by atoms with E-state index in [1.54, 1.807) is 4.57 Å². The Morgan fingerprint density at radius 2 is 1.80 bits per heavy atom. The highest BCUT2D eigenvalue weighted by Gasteiger charge is 2.12. The molecular formula is C24H24BrN3O2. The lowest BCUT2D eigenvalue weighted by Gasteiger charge is -2.13. The van der Waals surface area contributed by atoms with Crippen molar-refractivity contribution in [1.29, 1.82) is 0 Å². The number of halogens is 1. The van der Waals surface area contributed by atoms with Crippen LogP contribution in [0.5, 0.6) is 0 Å². The topological polar surface area (TPSA) is 55.5 Å². The summed E-state index contributed by atoms with van der Waals surface area (Å²) in [5, 5.41) is 2.94. The summed E-state index contributed by atoms with van der Waals surface area (Å²) in [5.74, 6) is 0.412. The molecule has 1 amide bonds. The number of carbonyl (C=O) groups excluding carboxylic acids is 1. The van der Waals surface area contributed by atoms with Crippen molar-refractivity contribution in [3.05, 3.63) is 81.2 Å². The molecule has 0 unspecified atom stereocenters. The lowest BCUT2D eigenvalue weighted by Crippen LogP contribution is -2.23. The Kier molecular flexibility index (Phi) is 5.77. The number of hydrogen-bond acceptors (Lipinski definition) is 2. The minimum atomic E-state index is -0.0467.